The second-order valence-corrected chi connectivity index (χ2v) is 3.87. The lowest BCUT2D eigenvalue weighted by atomic mass is 10.1. The van der Waals surface area contributed by atoms with Gasteiger partial charge < -0.3 is 10.6 Å². The van der Waals surface area contributed by atoms with E-state index in [2.05, 4.69) is 17.0 Å². The maximum atomic E-state index is 13.4. The number of nitrogens with two attached hydrogens (primary N) is 1. The third-order valence-corrected chi connectivity index (χ3v) is 2.79. The number of likely N-dealkylation sites (tertiary alicyclic amines) is 1. The van der Waals surface area contributed by atoms with Crippen LogP contribution in [0.1, 0.15) is 18.9 Å². The van der Waals surface area contributed by atoms with E-state index in [1.807, 2.05) is 0 Å². The summed E-state index contributed by atoms with van der Waals surface area (Å²) in [6.45, 7) is 1.98. The fourth-order valence-electron chi connectivity index (χ4n) is 1.85. The average molecular weight is 198 g/mol. The van der Waals surface area contributed by atoms with Crippen LogP contribution in [-0.2, 0) is 0 Å². The molecule has 14 heavy (non-hydrogen) atoms. The number of hydrogen-bond acceptors (Lipinski definition) is 3. The van der Waals surface area contributed by atoms with Gasteiger partial charge in [0.1, 0.15) is 5.69 Å². The van der Waals surface area contributed by atoms with Gasteiger partial charge in [-0.25, -0.2) is 4.68 Å². The molecule has 0 bridgehead atoms. The summed E-state index contributed by atoms with van der Waals surface area (Å²) in [5.74, 6) is -0.389. The molecule has 1 saturated heterocycles. The van der Waals surface area contributed by atoms with Crippen molar-refractivity contribution in [3.63, 3.8) is 0 Å². The van der Waals surface area contributed by atoms with Crippen molar-refractivity contribution < 1.29 is 4.39 Å². The smallest absolute Gasteiger partial charge is 0.234 e. The molecule has 1 fully saturated rings. The van der Waals surface area contributed by atoms with Gasteiger partial charge in [0.25, 0.3) is 0 Å². The Morgan fingerprint density at radius 1 is 1.50 bits per heavy atom. The van der Waals surface area contributed by atoms with Gasteiger partial charge in [-0.2, -0.15) is 9.49 Å². The van der Waals surface area contributed by atoms with E-state index in [0.717, 1.165) is 25.9 Å². The van der Waals surface area contributed by atoms with Crippen LogP contribution >= 0.6 is 0 Å². The van der Waals surface area contributed by atoms with Gasteiger partial charge in [0.15, 0.2) is 0 Å². The summed E-state index contributed by atoms with van der Waals surface area (Å²) in [7, 11) is 2.07. The summed E-state index contributed by atoms with van der Waals surface area (Å²) in [6, 6.07) is 0.170. The molecule has 1 aromatic heterocycles. The minimum atomic E-state index is -0.389. The van der Waals surface area contributed by atoms with Crippen LogP contribution in [0.2, 0.25) is 0 Å². The molecule has 5 heteroatoms. The van der Waals surface area contributed by atoms with Gasteiger partial charge in [-0.05, 0) is 33.0 Å². The third-order valence-electron chi connectivity index (χ3n) is 2.79. The van der Waals surface area contributed by atoms with Gasteiger partial charge in [0, 0.05) is 0 Å². The summed E-state index contributed by atoms with van der Waals surface area (Å²) in [5, 5.41) is 3.96. The maximum Gasteiger partial charge on any atom is 0.234 e. The van der Waals surface area contributed by atoms with Crippen molar-refractivity contribution in [1.82, 2.24) is 14.7 Å². The highest BCUT2D eigenvalue weighted by molar-refractivity contribution is 5.32. The van der Waals surface area contributed by atoms with E-state index in [0.29, 0.717) is 0 Å². The van der Waals surface area contributed by atoms with Gasteiger partial charge in [-0.1, -0.05) is 0 Å². The summed E-state index contributed by atoms with van der Waals surface area (Å²) >= 11 is 0. The molecule has 0 spiro atoms. The van der Waals surface area contributed by atoms with Crippen molar-refractivity contribution in [3.8, 4) is 0 Å². The van der Waals surface area contributed by atoms with Crippen LogP contribution in [0.4, 0.5) is 10.1 Å². The minimum absolute atomic E-state index is 0.143. The molecule has 2 rings (SSSR count). The molecule has 4 nitrogen and oxygen atoms in total. The van der Waals surface area contributed by atoms with E-state index in [1.165, 1.54) is 10.9 Å². The van der Waals surface area contributed by atoms with Crippen molar-refractivity contribution in [2.45, 2.75) is 18.9 Å². The van der Waals surface area contributed by atoms with E-state index in [9.17, 15) is 4.39 Å². The molecular weight excluding hydrogens is 183 g/mol. The Morgan fingerprint density at radius 3 is 2.64 bits per heavy atom. The first-order chi connectivity index (χ1) is 6.68. The monoisotopic (exact) mass is 198 g/mol. The van der Waals surface area contributed by atoms with Crippen molar-refractivity contribution >= 4 is 5.69 Å². The first-order valence-electron chi connectivity index (χ1n) is 4.85. The molecule has 0 saturated carbocycles. The molecule has 0 amide bonds. The highest BCUT2D eigenvalue weighted by Gasteiger charge is 2.21. The van der Waals surface area contributed by atoms with E-state index in [1.54, 1.807) is 0 Å². The predicted molar refractivity (Wildman–Crippen MR) is 52.4 cm³/mol. The fraction of sp³-hybridized carbons (Fsp3) is 0.667. The van der Waals surface area contributed by atoms with Crippen LogP contribution in [0.15, 0.2) is 6.20 Å². The molecule has 0 aromatic carbocycles. The zero-order chi connectivity index (χ0) is 10.1. The maximum absolute atomic E-state index is 13.4. The molecular formula is C9H15FN4. The number of hydrogen-bond donors (Lipinski definition) is 1. The molecule has 2 N–H and O–H groups in total. The topological polar surface area (TPSA) is 47.1 Å². The zero-order valence-corrected chi connectivity index (χ0v) is 8.28. The van der Waals surface area contributed by atoms with E-state index < -0.39 is 0 Å². The van der Waals surface area contributed by atoms with E-state index in [4.69, 9.17) is 5.73 Å². The zero-order valence-electron chi connectivity index (χ0n) is 8.28. The molecule has 1 aliphatic heterocycles. The summed E-state index contributed by atoms with van der Waals surface area (Å²) in [5.41, 5.74) is 5.55. The highest BCUT2D eigenvalue weighted by atomic mass is 19.1. The lowest BCUT2D eigenvalue weighted by Gasteiger charge is -2.29. The summed E-state index contributed by atoms with van der Waals surface area (Å²) in [4.78, 5) is 2.24. The lowest BCUT2D eigenvalue weighted by molar-refractivity contribution is 0.200. The number of halogens is 1. The van der Waals surface area contributed by atoms with Gasteiger partial charge in [0.2, 0.25) is 5.95 Å². The van der Waals surface area contributed by atoms with Crippen LogP contribution in [0.3, 0.4) is 0 Å². The largest absolute Gasteiger partial charge is 0.394 e. The second-order valence-electron chi connectivity index (χ2n) is 3.87. The Morgan fingerprint density at radius 2 is 2.14 bits per heavy atom. The number of anilines is 1. The van der Waals surface area contributed by atoms with Gasteiger partial charge >= 0.3 is 0 Å². The molecule has 0 radical (unpaired) electrons. The normalized spacial score (nSPS) is 20.1. The lowest BCUT2D eigenvalue weighted by Crippen LogP contribution is -2.32. The van der Waals surface area contributed by atoms with Crippen LogP contribution in [-0.4, -0.2) is 34.8 Å². The first kappa shape index (κ1) is 9.45. The Labute approximate surface area is 82.5 Å². The third kappa shape index (κ3) is 1.59. The van der Waals surface area contributed by atoms with Crippen LogP contribution in [0.25, 0.3) is 0 Å². The average Bonchev–Trinajstić information content (AvgIpc) is 2.50. The van der Waals surface area contributed by atoms with Gasteiger partial charge in [-0.3, -0.25) is 0 Å². The Kier molecular flexibility index (Phi) is 2.41. The Balaban J connectivity index is 2.12. The minimum Gasteiger partial charge on any atom is -0.394 e. The molecule has 78 valence electrons. The van der Waals surface area contributed by atoms with Crippen molar-refractivity contribution in [1.29, 1.82) is 0 Å². The molecule has 2 heterocycles. The quantitative estimate of drug-likeness (QED) is 0.728. The van der Waals surface area contributed by atoms with Crippen molar-refractivity contribution in [2.75, 3.05) is 25.9 Å². The number of aromatic nitrogens is 2. The Hall–Kier alpha value is -1.10. The summed E-state index contributed by atoms with van der Waals surface area (Å²) < 4.78 is 14.8. The second kappa shape index (κ2) is 3.57. The van der Waals surface area contributed by atoms with Crippen LogP contribution in [0.5, 0.6) is 0 Å². The molecule has 1 aromatic rings. The van der Waals surface area contributed by atoms with E-state index >= 15 is 0 Å². The van der Waals surface area contributed by atoms with Gasteiger partial charge in [-0.15, -0.1) is 0 Å². The van der Waals surface area contributed by atoms with Crippen LogP contribution in [0, 0.1) is 5.95 Å². The number of piperidine rings is 1. The number of nitrogen functional groups attached to an aromatic ring is 1. The molecule has 0 aliphatic carbocycles. The Bertz CT molecular complexity index is 315. The number of nitrogens with zero attached hydrogens (tertiary/aromatic N) is 3. The standard InChI is InChI=1S/C9H15FN4/c1-13-4-2-7(3-5-13)14-9(10)8(11)6-12-14/h6-7H,2-5,11H2,1H3. The summed E-state index contributed by atoms with van der Waals surface area (Å²) in [6.07, 6.45) is 3.26. The van der Waals surface area contributed by atoms with Crippen molar-refractivity contribution in [3.05, 3.63) is 12.1 Å². The first-order valence-corrected chi connectivity index (χ1v) is 4.85. The molecule has 0 unspecified atom stereocenters. The van der Waals surface area contributed by atoms with Crippen molar-refractivity contribution in [2.24, 2.45) is 0 Å². The molecule has 1 aliphatic rings. The number of rotatable bonds is 1. The molecule has 0 atom stereocenters. The fourth-order valence-corrected chi connectivity index (χ4v) is 1.85. The van der Waals surface area contributed by atoms with Crippen LogP contribution < -0.4 is 5.73 Å². The highest BCUT2D eigenvalue weighted by Crippen LogP contribution is 2.23. The van der Waals surface area contributed by atoms with E-state index in [-0.39, 0.29) is 17.7 Å². The SMILES string of the molecule is CN1CCC(n2ncc(N)c2F)CC1. The predicted octanol–water partition coefficient (Wildman–Crippen LogP) is 0.871. The van der Waals surface area contributed by atoms with Gasteiger partial charge in [0.05, 0.1) is 12.2 Å².